The van der Waals surface area contributed by atoms with Crippen LogP contribution in [0.5, 0.6) is 5.75 Å². The van der Waals surface area contributed by atoms with Crippen molar-refractivity contribution in [2.45, 2.75) is 58.9 Å². The summed E-state index contributed by atoms with van der Waals surface area (Å²) in [5.74, 6) is 0.427. The van der Waals surface area contributed by atoms with E-state index in [-0.39, 0.29) is 30.9 Å². The first-order valence-electron chi connectivity index (χ1n) is 9.17. The van der Waals surface area contributed by atoms with Crippen molar-refractivity contribution in [3.8, 4) is 5.75 Å². The lowest BCUT2D eigenvalue weighted by Crippen LogP contribution is -2.43. The first-order valence-corrected chi connectivity index (χ1v) is 9.17. The van der Waals surface area contributed by atoms with Gasteiger partial charge in [-0.25, -0.2) is 0 Å². The van der Waals surface area contributed by atoms with E-state index in [9.17, 15) is 9.59 Å². The number of amides is 1. The van der Waals surface area contributed by atoms with Gasteiger partial charge in [0.15, 0.2) is 6.61 Å². The van der Waals surface area contributed by atoms with Gasteiger partial charge in [0.25, 0.3) is 5.91 Å². The fourth-order valence-electron chi connectivity index (χ4n) is 3.27. The number of hydrogen-bond acceptors (Lipinski definition) is 4. The molecule has 1 aromatic carbocycles. The van der Waals surface area contributed by atoms with E-state index in [1.54, 1.807) is 6.92 Å². The smallest absolute Gasteiger partial charge is 0.307 e. The Hall–Kier alpha value is -2.04. The van der Waals surface area contributed by atoms with E-state index in [0.29, 0.717) is 13.2 Å². The summed E-state index contributed by atoms with van der Waals surface area (Å²) in [6, 6.07) is 6.05. The number of carbonyl (C=O) groups is 2. The SMILES string of the molecule is CCOC(=O)CCN(C(=O)COc1cccc(C)c1C)C1CCCC1. The van der Waals surface area contributed by atoms with Crippen molar-refractivity contribution in [3.05, 3.63) is 29.3 Å². The first kappa shape index (κ1) is 19.3. The molecule has 0 heterocycles. The molecule has 0 atom stereocenters. The summed E-state index contributed by atoms with van der Waals surface area (Å²) in [5, 5.41) is 0. The van der Waals surface area contributed by atoms with Crippen molar-refractivity contribution in [1.82, 2.24) is 4.90 Å². The van der Waals surface area contributed by atoms with Crippen LogP contribution in [-0.2, 0) is 14.3 Å². The molecule has 0 N–H and O–H groups in total. The number of carbonyl (C=O) groups excluding carboxylic acids is 2. The van der Waals surface area contributed by atoms with Gasteiger partial charge in [0, 0.05) is 12.6 Å². The number of esters is 1. The number of hydrogen-bond donors (Lipinski definition) is 0. The molecule has 0 radical (unpaired) electrons. The van der Waals surface area contributed by atoms with Crippen LogP contribution in [0.4, 0.5) is 0 Å². The summed E-state index contributed by atoms with van der Waals surface area (Å²) < 4.78 is 10.8. The molecule has 5 nitrogen and oxygen atoms in total. The zero-order valence-electron chi connectivity index (χ0n) is 15.5. The quantitative estimate of drug-likeness (QED) is 0.676. The van der Waals surface area contributed by atoms with Crippen molar-refractivity contribution in [3.63, 3.8) is 0 Å². The van der Waals surface area contributed by atoms with E-state index >= 15 is 0 Å². The molecule has 1 fully saturated rings. The zero-order chi connectivity index (χ0) is 18.2. The van der Waals surface area contributed by atoms with Crippen molar-refractivity contribution >= 4 is 11.9 Å². The Morgan fingerprint density at radius 1 is 1.20 bits per heavy atom. The van der Waals surface area contributed by atoms with Gasteiger partial charge < -0.3 is 14.4 Å². The lowest BCUT2D eigenvalue weighted by atomic mass is 10.1. The normalized spacial score (nSPS) is 14.4. The van der Waals surface area contributed by atoms with Gasteiger partial charge in [0.05, 0.1) is 13.0 Å². The molecule has 0 aromatic heterocycles. The second-order valence-electron chi connectivity index (χ2n) is 6.57. The van der Waals surface area contributed by atoms with Gasteiger partial charge in [0.1, 0.15) is 5.75 Å². The van der Waals surface area contributed by atoms with Gasteiger partial charge in [-0.1, -0.05) is 25.0 Å². The number of benzene rings is 1. The first-order chi connectivity index (χ1) is 12.0. The highest BCUT2D eigenvalue weighted by Gasteiger charge is 2.27. The summed E-state index contributed by atoms with van der Waals surface area (Å²) in [6.45, 7) is 6.57. The van der Waals surface area contributed by atoms with Gasteiger partial charge in [-0.3, -0.25) is 9.59 Å². The average molecular weight is 347 g/mol. The van der Waals surface area contributed by atoms with Gasteiger partial charge in [-0.05, 0) is 50.8 Å². The van der Waals surface area contributed by atoms with Gasteiger partial charge >= 0.3 is 5.97 Å². The zero-order valence-corrected chi connectivity index (χ0v) is 15.5. The summed E-state index contributed by atoms with van der Waals surface area (Å²) in [4.78, 5) is 26.2. The highest BCUT2D eigenvalue weighted by atomic mass is 16.5. The van der Waals surface area contributed by atoms with Crippen molar-refractivity contribution in [2.24, 2.45) is 0 Å². The van der Waals surface area contributed by atoms with E-state index in [4.69, 9.17) is 9.47 Å². The molecular formula is C20H29NO4. The molecule has 25 heavy (non-hydrogen) atoms. The topological polar surface area (TPSA) is 55.8 Å². The summed E-state index contributed by atoms with van der Waals surface area (Å²) in [7, 11) is 0. The maximum Gasteiger partial charge on any atom is 0.307 e. The van der Waals surface area contributed by atoms with Gasteiger partial charge in [-0.2, -0.15) is 0 Å². The minimum atomic E-state index is -0.256. The molecule has 138 valence electrons. The summed E-state index contributed by atoms with van der Waals surface area (Å²) in [6.07, 6.45) is 4.49. The molecule has 0 unspecified atom stereocenters. The summed E-state index contributed by atoms with van der Waals surface area (Å²) >= 11 is 0. The minimum Gasteiger partial charge on any atom is -0.483 e. The number of aryl methyl sites for hydroxylation is 1. The van der Waals surface area contributed by atoms with Gasteiger partial charge in [0.2, 0.25) is 0 Å². The van der Waals surface area contributed by atoms with E-state index in [0.717, 1.165) is 42.6 Å². The molecule has 1 amide bonds. The Kier molecular flexibility index (Phi) is 7.29. The van der Waals surface area contributed by atoms with E-state index < -0.39 is 0 Å². The standard InChI is InChI=1S/C20H29NO4/c1-4-24-20(23)12-13-21(17-9-5-6-10-17)19(22)14-25-18-11-7-8-15(2)16(18)3/h7-8,11,17H,4-6,9-10,12-14H2,1-3H3. The van der Waals surface area contributed by atoms with Crippen LogP contribution in [0.3, 0.4) is 0 Å². The molecule has 1 aliphatic carbocycles. The Labute approximate surface area is 150 Å². The van der Waals surface area contributed by atoms with Crippen LogP contribution in [0.15, 0.2) is 18.2 Å². The van der Waals surface area contributed by atoms with Crippen LogP contribution in [-0.4, -0.2) is 42.6 Å². The van der Waals surface area contributed by atoms with Gasteiger partial charge in [-0.15, -0.1) is 0 Å². The summed E-state index contributed by atoms with van der Waals surface area (Å²) in [5.41, 5.74) is 2.19. The maximum absolute atomic E-state index is 12.7. The van der Waals surface area contributed by atoms with Crippen LogP contribution in [0.1, 0.15) is 50.2 Å². The lowest BCUT2D eigenvalue weighted by Gasteiger charge is -2.29. The van der Waals surface area contributed by atoms with Crippen molar-refractivity contribution in [2.75, 3.05) is 19.8 Å². The number of ether oxygens (including phenoxy) is 2. The second kappa shape index (κ2) is 9.44. The monoisotopic (exact) mass is 347 g/mol. The van der Waals surface area contributed by atoms with E-state index in [1.165, 1.54) is 0 Å². The fraction of sp³-hybridized carbons (Fsp3) is 0.600. The molecule has 0 saturated heterocycles. The number of rotatable bonds is 8. The highest BCUT2D eigenvalue weighted by molar-refractivity contribution is 5.79. The second-order valence-corrected chi connectivity index (χ2v) is 6.57. The molecule has 1 saturated carbocycles. The maximum atomic E-state index is 12.7. The van der Waals surface area contributed by atoms with Crippen molar-refractivity contribution < 1.29 is 19.1 Å². The Morgan fingerprint density at radius 3 is 2.60 bits per heavy atom. The molecule has 0 spiro atoms. The Bertz CT molecular complexity index is 593. The van der Waals surface area contributed by atoms with Crippen LogP contribution < -0.4 is 4.74 Å². The average Bonchev–Trinajstić information content (AvgIpc) is 3.11. The Morgan fingerprint density at radius 2 is 1.92 bits per heavy atom. The molecule has 0 bridgehead atoms. The number of nitrogens with zero attached hydrogens (tertiary/aromatic N) is 1. The fourth-order valence-corrected chi connectivity index (χ4v) is 3.27. The largest absolute Gasteiger partial charge is 0.483 e. The highest BCUT2D eigenvalue weighted by Crippen LogP contribution is 2.25. The van der Waals surface area contributed by atoms with E-state index in [1.807, 2.05) is 36.9 Å². The Balaban J connectivity index is 1.96. The van der Waals surface area contributed by atoms with E-state index in [2.05, 4.69) is 0 Å². The van der Waals surface area contributed by atoms with Crippen LogP contribution >= 0.6 is 0 Å². The minimum absolute atomic E-state index is 0.00359. The van der Waals surface area contributed by atoms with Crippen LogP contribution in [0, 0.1) is 13.8 Å². The molecule has 0 aliphatic heterocycles. The molecular weight excluding hydrogens is 318 g/mol. The third-order valence-corrected chi connectivity index (χ3v) is 4.85. The third-order valence-electron chi connectivity index (χ3n) is 4.85. The molecule has 5 heteroatoms. The molecule has 2 rings (SSSR count). The molecule has 1 aromatic rings. The van der Waals surface area contributed by atoms with Crippen LogP contribution in [0.2, 0.25) is 0 Å². The lowest BCUT2D eigenvalue weighted by molar-refractivity contribution is -0.144. The predicted molar refractivity (Wildman–Crippen MR) is 96.6 cm³/mol. The predicted octanol–water partition coefficient (Wildman–Crippen LogP) is 3.41. The third kappa shape index (κ3) is 5.48. The van der Waals surface area contributed by atoms with Crippen LogP contribution in [0.25, 0.3) is 0 Å². The van der Waals surface area contributed by atoms with Crippen molar-refractivity contribution in [1.29, 1.82) is 0 Å². The molecule has 1 aliphatic rings.